The number of carbonyl (C=O) groups excluding carboxylic acids is 1. The van der Waals surface area contributed by atoms with Crippen molar-refractivity contribution in [3.8, 4) is 0 Å². The molecule has 4 nitrogen and oxygen atoms in total. The standard InChI is InChI=1S/C12H16N2O2/c13-11-7-4-8-14(11)12(15)16-9-10-5-2-1-3-6-10/h1-3,5-6,11H,4,7-9,13H2. The number of hydrogen-bond acceptors (Lipinski definition) is 3. The van der Waals surface area contributed by atoms with E-state index in [0.29, 0.717) is 13.2 Å². The lowest BCUT2D eigenvalue weighted by Gasteiger charge is -2.20. The lowest BCUT2D eigenvalue weighted by molar-refractivity contribution is 0.0930. The lowest BCUT2D eigenvalue weighted by atomic mass is 10.2. The van der Waals surface area contributed by atoms with Crippen molar-refractivity contribution in [3.63, 3.8) is 0 Å². The van der Waals surface area contributed by atoms with Crippen LogP contribution < -0.4 is 5.73 Å². The smallest absolute Gasteiger partial charge is 0.411 e. The third kappa shape index (κ3) is 2.52. The number of amides is 1. The molecule has 2 N–H and O–H groups in total. The first-order valence-electron chi connectivity index (χ1n) is 5.50. The van der Waals surface area contributed by atoms with E-state index in [4.69, 9.17) is 10.5 Å². The van der Waals surface area contributed by atoms with Gasteiger partial charge in [0.2, 0.25) is 0 Å². The summed E-state index contributed by atoms with van der Waals surface area (Å²) in [6.07, 6.45) is 1.33. The summed E-state index contributed by atoms with van der Waals surface area (Å²) in [6, 6.07) is 9.63. The predicted octanol–water partition coefficient (Wildman–Crippen LogP) is 1.70. The summed E-state index contributed by atoms with van der Waals surface area (Å²) in [5.74, 6) is 0. The Hall–Kier alpha value is -1.55. The number of ether oxygens (including phenoxy) is 1. The van der Waals surface area contributed by atoms with E-state index in [-0.39, 0.29) is 12.3 Å². The highest BCUT2D eigenvalue weighted by atomic mass is 16.6. The third-order valence-corrected chi connectivity index (χ3v) is 2.74. The molecular weight excluding hydrogens is 204 g/mol. The number of hydrogen-bond donors (Lipinski definition) is 1. The van der Waals surface area contributed by atoms with Gasteiger partial charge >= 0.3 is 6.09 Å². The highest BCUT2D eigenvalue weighted by Crippen LogP contribution is 2.14. The van der Waals surface area contributed by atoms with Gasteiger partial charge in [-0.2, -0.15) is 0 Å². The summed E-state index contributed by atoms with van der Waals surface area (Å²) in [5.41, 5.74) is 6.76. The van der Waals surface area contributed by atoms with E-state index >= 15 is 0 Å². The molecule has 0 radical (unpaired) electrons. The first-order valence-corrected chi connectivity index (χ1v) is 5.50. The maximum absolute atomic E-state index is 11.7. The molecule has 0 aliphatic carbocycles. The van der Waals surface area contributed by atoms with Gasteiger partial charge in [-0.05, 0) is 18.4 Å². The van der Waals surface area contributed by atoms with Crippen molar-refractivity contribution < 1.29 is 9.53 Å². The zero-order valence-corrected chi connectivity index (χ0v) is 9.13. The van der Waals surface area contributed by atoms with E-state index in [1.165, 1.54) is 0 Å². The van der Waals surface area contributed by atoms with Gasteiger partial charge in [0.1, 0.15) is 6.61 Å². The zero-order valence-electron chi connectivity index (χ0n) is 9.13. The zero-order chi connectivity index (χ0) is 11.4. The molecule has 1 unspecified atom stereocenters. The molecule has 1 fully saturated rings. The van der Waals surface area contributed by atoms with Crippen LogP contribution in [0, 0.1) is 0 Å². The minimum atomic E-state index is -0.311. The molecular formula is C12H16N2O2. The second-order valence-corrected chi connectivity index (χ2v) is 3.94. The quantitative estimate of drug-likeness (QED) is 0.825. The maximum atomic E-state index is 11.7. The fourth-order valence-electron chi connectivity index (χ4n) is 1.82. The van der Waals surface area contributed by atoms with Crippen LogP contribution in [0.1, 0.15) is 18.4 Å². The van der Waals surface area contributed by atoms with Gasteiger partial charge < -0.3 is 10.5 Å². The molecule has 1 aromatic carbocycles. The maximum Gasteiger partial charge on any atom is 0.411 e. The van der Waals surface area contributed by atoms with Gasteiger partial charge in [-0.1, -0.05) is 30.3 Å². The van der Waals surface area contributed by atoms with Crippen molar-refractivity contribution in [1.82, 2.24) is 4.90 Å². The van der Waals surface area contributed by atoms with Crippen LogP contribution in [0.3, 0.4) is 0 Å². The minimum absolute atomic E-state index is 0.178. The summed E-state index contributed by atoms with van der Waals surface area (Å²) >= 11 is 0. The summed E-state index contributed by atoms with van der Waals surface area (Å²) in [4.78, 5) is 13.2. The van der Waals surface area contributed by atoms with Gasteiger partial charge in [-0.3, -0.25) is 4.90 Å². The number of benzene rings is 1. The first-order chi connectivity index (χ1) is 7.77. The molecule has 4 heteroatoms. The van der Waals surface area contributed by atoms with Crippen LogP contribution in [0.5, 0.6) is 0 Å². The molecule has 16 heavy (non-hydrogen) atoms. The molecule has 0 aromatic heterocycles. The average Bonchev–Trinajstić information content (AvgIpc) is 2.74. The van der Waals surface area contributed by atoms with Gasteiger partial charge in [-0.25, -0.2) is 4.79 Å². The summed E-state index contributed by atoms with van der Waals surface area (Å²) in [6.45, 7) is 1.01. The molecule has 0 spiro atoms. The van der Waals surface area contributed by atoms with E-state index < -0.39 is 0 Å². The van der Waals surface area contributed by atoms with E-state index in [2.05, 4.69) is 0 Å². The highest BCUT2D eigenvalue weighted by molar-refractivity contribution is 5.68. The Kier molecular flexibility index (Phi) is 3.41. The van der Waals surface area contributed by atoms with Crippen molar-refractivity contribution in [2.24, 2.45) is 5.73 Å². The first kappa shape index (κ1) is 11.0. The van der Waals surface area contributed by atoms with Gasteiger partial charge in [0.25, 0.3) is 0 Å². The van der Waals surface area contributed by atoms with Crippen LogP contribution >= 0.6 is 0 Å². The molecule has 1 saturated heterocycles. The van der Waals surface area contributed by atoms with E-state index in [1.54, 1.807) is 4.90 Å². The van der Waals surface area contributed by atoms with Crippen LogP contribution in [0.15, 0.2) is 30.3 Å². The number of nitrogens with two attached hydrogens (primary N) is 1. The number of rotatable bonds is 2. The van der Waals surface area contributed by atoms with Gasteiger partial charge in [0, 0.05) is 6.54 Å². The van der Waals surface area contributed by atoms with Crippen molar-refractivity contribution in [2.45, 2.75) is 25.6 Å². The fourth-order valence-corrected chi connectivity index (χ4v) is 1.82. The Morgan fingerprint density at radius 1 is 1.44 bits per heavy atom. The molecule has 1 amide bonds. The van der Waals surface area contributed by atoms with Gasteiger partial charge in [0.15, 0.2) is 0 Å². The molecule has 1 aromatic rings. The van der Waals surface area contributed by atoms with Crippen LogP contribution in [-0.2, 0) is 11.3 Å². The normalized spacial score (nSPS) is 19.8. The second kappa shape index (κ2) is 4.99. The summed E-state index contributed by atoms with van der Waals surface area (Å²) in [5, 5.41) is 0. The second-order valence-electron chi connectivity index (χ2n) is 3.94. The van der Waals surface area contributed by atoms with Crippen molar-refractivity contribution >= 4 is 6.09 Å². The monoisotopic (exact) mass is 220 g/mol. The molecule has 1 aliphatic rings. The molecule has 1 atom stereocenters. The summed E-state index contributed by atoms with van der Waals surface area (Å²) in [7, 11) is 0. The van der Waals surface area contributed by atoms with Crippen LogP contribution in [-0.4, -0.2) is 23.7 Å². The van der Waals surface area contributed by atoms with Crippen molar-refractivity contribution in [2.75, 3.05) is 6.54 Å². The molecule has 0 saturated carbocycles. The topological polar surface area (TPSA) is 55.6 Å². The lowest BCUT2D eigenvalue weighted by Crippen LogP contribution is -2.41. The van der Waals surface area contributed by atoms with E-state index in [0.717, 1.165) is 18.4 Å². The molecule has 86 valence electrons. The molecule has 1 aliphatic heterocycles. The largest absolute Gasteiger partial charge is 0.445 e. The Morgan fingerprint density at radius 3 is 2.81 bits per heavy atom. The van der Waals surface area contributed by atoms with Gasteiger partial charge in [0.05, 0.1) is 6.17 Å². The predicted molar refractivity (Wildman–Crippen MR) is 60.5 cm³/mol. The Balaban J connectivity index is 1.84. The number of likely N-dealkylation sites (tertiary alicyclic amines) is 1. The highest BCUT2D eigenvalue weighted by Gasteiger charge is 2.26. The fraction of sp³-hybridized carbons (Fsp3) is 0.417. The van der Waals surface area contributed by atoms with Crippen molar-refractivity contribution in [3.05, 3.63) is 35.9 Å². The van der Waals surface area contributed by atoms with E-state index in [1.807, 2.05) is 30.3 Å². The summed E-state index contributed by atoms with van der Waals surface area (Å²) < 4.78 is 5.19. The van der Waals surface area contributed by atoms with Crippen LogP contribution in [0.25, 0.3) is 0 Å². The third-order valence-electron chi connectivity index (χ3n) is 2.74. The minimum Gasteiger partial charge on any atom is -0.445 e. The number of nitrogens with zero attached hydrogens (tertiary/aromatic N) is 1. The van der Waals surface area contributed by atoms with Crippen molar-refractivity contribution in [1.29, 1.82) is 0 Å². The average molecular weight is 220 g/mol. The van der Waals surface area contributed by atoms with E-state index in [9.17, 15) is 4.79 Å². The Morgan fingerprint density at radius 2 is 2.19 bits per heavy atom. The molecule has 1 heterocycles. The molecule has 2 rings (SSSR count). The number of carbonyl (C=O) groups is 1. The van der Waals surface area contributed by atoms with Gasteiger partial charge in [-0.15, -0.1) is 0 Å². The SMILES string of the molecule is NC1CCCN1C(=O)OCc1ccccc1. The Labute approximate surface area is 95.0 Å². The Bertz CT molecular complexity index is 353. The van der Waals surface area contributed by atoms with Crippen LogP contribution in [0.4, 0.5) is 4.79 Å². The molecule has 0 bridgehead atoms. The van der Waals surface area contributed by atoms with Crippen LogP contribution in [0.2, 0.25) is 0 Å².